The molecule has 2 aromatic carbocycles. The summed E-state index contributed by atoms with van der Waals surface area (Å²) in [7, 11) is -3.14. The van der Waals surface area contributed by atoms with Crippen LogP contribution in [0.25, 0.3) is 0 Å². The van der Waals surface area contributed by atoms with E-state index >= 15 is 0 Å². The third-order valence-corrected chi connectivity index (χ3v) is 5.14. The summed E-state index contributed by atoms with van der Waals surface area (Å²) in [5, 5.41) is 0. The number of para-hydroxylation sites is 1. The van der Waals surface area contributed by atoms with Crippen LogP contribution in [0.2, 0.25) is 0 Å². The third-order valence-electron chi connectivity index (χ3n) is 3.47. The number of benzene rings is 2. The molecule has 124 valence electrons. The van der Waals surface area contributed by atoms with Crippen molar-refractivity contribution in [1.29, 1.82) is 0 Å². The molecule has 0 aliphatic rings. The van der Waals surface area contributed by atoms with Crippen LogP contribution in [-0.2, 0) is 22.0 Å². The molecule has 0 bridgehead atoms. The van der Waals surface area contributed by atoms with Crippen molar-refractivity contribution in [2.24, 2.45) is 0 Å². The molecule has 2 rings (SSSR count). The van der Waals surface area contributed by atoms with Crippen LogP contribution in [0.15, 0.2) is 54.6 Å². The minimum atomic E-state index is -3.14. The number of aryl methyl sites for hydroxylation is 1. The average molecular weight is 332 g/mol. The summed E-state index contributed by atoms with van der Waals surface area (Å²) >= 11 is 0. The predicted molar refractivity (Wildman–Crippen MR) is 94.5 cm³/mol. The highest BCUT2D eigenvalue weighted by Gasteiger charge is 2.15. The molecule has 2 aromatic rings. The first-order valence-electron chi connectivity index (χ1n) is 7.95. The second-order valence-corrected chi connectivity index (χ2v) is 8.14. The molecule has 0 atom stereocenters. The zero-order valence-electron chi connectivity index (χ0n) is 13.7. The Bertz CT molecular complexity index is 706. The molecule has 3 nitrogen and oxygen atoms in total. The van der Waals surface area contributed by atoms with E-state index in [1.54, 1.807) is 0 Å². The number of hydrogen-bond acceptors (Lipinski definition) is 3. The lowest BCUT2D eigenvalue weighted by molar-refractivity contribution is 0.240. The predicted octanol–water partition coefficient (Wildman–Crippen LogP) is 4.02. The van der Waals surface area contributed by atoms with E-state index in [4.69, 9.17) is 4.74 Å². The standard InChI is InChI=1S/C19H24O3S/c1-16(2)22-19-13-7-6-12-18(19)15-23(20,21)14-8-11-17-9-4-3-5-10-17/h3-7,9-10,12-13,16H,8,11,14-15H2,1-2H3. The van der Waals surface area contributed by atoms with Crippen LogP contribution in [0.1, 0.15) is 31.4 Å². The van der Waals surface area contributed by atoms with E-state index in [0.717, 1.165) is 12.0 Å². The van der Waals surface area contributed by atoms with Gasteiger partial charge < -0.3 is 4.74 Å². The van der Waals surface area contributed by atoms with Gasteiger partial charge in [-0.2, -0.15) is 0 Å². The lowest BCUT2D eigenvalue weighted by Crippen LogP contribution is -2.13. The molecule has 0 radical (unpaired) electrons. The first-order chi connectivity index (χ1) is 11.0. The largest absolute Gasteiger partial charge is 0.491 e. The topological polar surface area (TPSA) is 43.4 Å². The van der Waals surface area contributed by atoms with Crippen LogP contribution in [0.3, 0.4) is 0 Å². The van der Waals surface area contributed by atoms with Crippen molar-refractivity contribution in [3.05, 3.63) is 65.7 Å². The Hall–Kier alpha value is -1.81. The van der Waals surface area contributed by atoms with E-state index in [9.17, 15) is 8.42 Å². The third kappa shape index (κ3) is 6.06. The minimum absolute atomic E-state index is 0.0249. The lowest BCUT2D eigenvalue weighted by Gasteiger charge is -2.14. The summed E-state index contributed by atoms with van der Waals surface area (Å²) in [5.74, 6) is 0.886. The van der Waals surface area contributed by atoms with E-state index < -0.39 is 9.84 Å². The van der Waals surface area contributed by atoms with Crippen molar-refractivity contribution in [3.63, 3.8) is 0 Å². The van der Waals surface area contributed by atoms with Crippen molar-refractivity contribution in [1.82, 2.24) is 0 Å². The molecule has 0 unspecified atom stereocenters. The summed E-state index contributed by atoms with van der Waals surface area (Å²) in [6.45, 7) is 3.87. The molecule has 0 spiro atoms. The highest BCUT2D eigenvalue weighted by Crippen LogP contribution is 2.22. The molecular weight excluding hydrogens is 308 g/mol. The van der Waals surface area contributed by atoms with Crippen LogP contribution in [0.4, 0.5) is 0 Å². The molecule has 0 saturated carbocycles. The van der Waals surface area contributed by atoms with Gasteiger partial charge in [0.25, 0.3) is 0 Å². The second-order valence-electron chi connectivity index (χ2n) is 5.96. The van der Waals surface area contributed by atoms with Crippen molar-refractivity contribution in [2.45, 2.75) is 38.5 Å². The Kier molecular flexibility index (Phi) is 6.22. The lowest BCUT2D eigenvalue weighted by atomic mass is 10.1. The molecule has 0 aromatic heterocycles. The maximum atomic E-state index is 12.4. The molecule has 0 N–H and O–H groups in total. The Labute approximate surface area is 139 Å². The van der Waals surface area contributed by atoms with E-state index in [2.05, 4.69) is 0 Å². The molecule has 0 aliphatic carbocycles. The van der Waals surface area contributed by atoms with Gasteiger partial charge in [-0.25, -0.2) is 8.42 Å². The van der Waals surface area contributed by atoms with Gasteiger partial charge >= 0.3 is 0 Å². The van der Waals surface area contributed by atoms with Gasteiger partial charge in [0, 0.05) is 5.56 Å². The monoisotopic (exact) mass is 332 g/mol. The summed E-state index contributed by atoms with van der Waals surface area (Å²) < 4.78 is 30.4. The Morgan fingerprint density at radius 2 is 1.61 bits per heavy atom. The maximum absolute atomic E-state index is 12.4. The van der Waals surface area contributed by atoms with Crippen LogP contribution in [0, 0.1) is 0 Å². The van der Waals surface area contributed by atoms with E-state index in [1.807, 2.05) is 68.4 Å². The van der Waals surface area contributed by atoms with Gasteiger partial charge in [-0.05, 0) is 38.3 Å². The summed E-state index contributed by atoms with van der Waals surface area (Å²) in [6.07, 6.45) is 1.45. The smallest absolute Gasteiger partial charge is 0.154 e. The molecule has 0 saturated heterocycles. The number of sulfone groups is 1. The van der Waals surface area contributed by atoms with Gasteiger partial charge in [0.2, 0.25) is 0 Å². The average Bonchev–Trinajstić information content (AvgIpc) is 2.49. The fourth-order valence-electron chi connectivity index (χ4n) is 2.44. The first-order valence-corrected chi connectivity index (χ1v) is 9.77. The molecule has 0 amide bonds. The van der Waals surface area contributed by atoms with Gasteiger partial charge in [-0.15, -0.1) is 0 Å². The van der Waals surface area contributed by atoms with Crippen LogP contribution in [-0.4, -0.2) is 20.3 Å². The van der Waals surface area contributed by atoms with Gasteiger partial charge in [0.15, 0.2) is 9.84 Å². The molecule has 0 fully saturated rings. The molecule has 0 heterocycles. The molecular formula is C19H24O3S. The SMILES string of the molecule is CC(C)Oc1ccccc1CS(=O)(=O)CCCc1ccccc1. The fraction of sp³-hybridized carbons (Fsp3) is 0.368. The van der Waals surface area contributed by atoms with Crippen molar-refractivity contribution >= 4 is 9.84 Å². The summed E-state index contributed by atoms with van der Waals surface area (Å²) in [5.41, 5.74) is 1.91. The minimum Gasteiger partial charge on any atom is -0.491 e. The van der Waals surface area contributed by atoms with Gasteiger partial charge in [0.05, 0.1) is 17.6 Å². The fourth-order valence-corrected chi connectivity index (χ4v) is 3.88. The quantitative estimate of drug-likeness (QED) is 0.733. The molecule has 0 aliphatic heterocycles. The van der Waals surface area contributed by atoms with Crippen LogP contribution in [0.5, 0.6) is 5.75 Å². The van der Waals surface area contributed by atoms with Crippen molar-refractivity contribution < 1.29 is 13.2 Å². The van der Waals surface area contributed by atoms with E-state index in [1.165, 1.54) is 5.56 Å². The van der Waals surface area contributed by atoms with E-state index in [-0.39, 0.29) is 17.6 Å². The highest BCUT2D eigenvalue weighted by molar-refractivity contribution is 7.90. The Balaban J connectivity index is 1.96. The number of rotatable bonds is 8. The van der Waals surface area contributed by atoms with Crippen molar-refractivity contribution in [3.8, 4) is 5.75 Å². The number of hydrogen-bond donors (Lipinski definition) is 0. The zero-order chi connectivity index (χ0) is 16.7. The Morgan fingerprint density at radius 3 is 2.30 bits per heavy atom. The van der Waals surface area contributed by atoms with Crippen molar-refractivity contribution in [2.75, 3.05) is 5.75 Å². The highest BCUT2D eigenvalue weighted by atomic mass is 32.2. The number of ether oxygens (including phenoxy) is 1. The van der Waals surface area contributed by atoms with Crippen LogP contribution < -0.4 is 4.74 Å². The van der Waals surface area contributed by atoms with Gasteiger partial charge in [0.1, 0.15) is 5.75 Å². The summed E-state index contributed by atoms with van der Waals surface area (Å²) in [6, 6.07) is 17.3. The normalized spacial score (nSPS) is 11.6. The van der Waals surface area contributed by atoms with E-state index in [0.29, 0.717) is 12.2 Å². The zero-order valence-corrected chi connectivity index (χ0v) is 14.6. The second kappa shape index (κ2) is 8.16. The van der Waals surface area contributed by atoms with Crippen LogP contribution >= 0.6 is 0 Å². The first kappa shape index (κ1) is 17.5. The van der Waals surface area contributed by atoms with Gasteiger partial charge in [-0.1, -0.05) is 48.5 Å². The molecule has 4 heteroatoms. The molecule has 23 heavy (non-hydrogen) atoms. The Morgan fingerprint density at radius 1 is 0.957 bits per heavy atom. The summed E-state index contributed by atoms with van der Waals surface area (Å²) in [4.78, 5) is 0. The maximum Gasteiger partial charge on any atom is 0.154 e. The van der Waals surface area contributed by atoms with Gasteiger partial charge in [-0.3, -0.25) is 0 Å².